The highest BCUT2D eigenvalue weighted by molar-refractivity contribution is 9.10. The summed E-state index contributed by atoms with van der Waals surface area (Å²) in [4.78, 5) is 0. The predicted octanol–water partition coefficient (Wildman–Crippen LogP) is 3.84. The Hall–Kier alpha value is -1.13. The molecule has 1 heterocycles. The summed E-state index contributed by atoms with van der Waals surface area (Å²) in [6, 6.07) is 9.33. The van der Waals surface area contributed by atoms with Crippen LogP contribution in [0.5, 0.6) is 0 Å². The van der Waals surface area contributed by atoms with Gasteiger partial charge in [0.05, 0.1) is 5.69 Å². The van der Waals surface area contributed by atoms with Gasteiger partial charge in [0.2, 0.25) is 0 Å². The van der Waals surface area contributed by atoms with E-state index >= 15 is 0 Å². The van der Waals surface area contributed by atoms with Crippen molar-refractivity contribution in [3.63, 3.8) is 0 Å². The lowest BCUT2D eigenvalue weighted by molar-refractivity contribution is 0.289. The van der Waals surface area contributed by atoms with Gasteiger partial charge in [0.15, 0.2) is 0 Å². The molecule has 1 N–H and O–H groups in total. The lowest BCUT2D eigenvalue weighted by Gasteiger charge is -2.36. The van der Waals surface area contributed by atoms with E-state index in [1.54, 1.807) is 0 Å². The van der Waals surface area contributed by atoms with Gasteiger partial charge >= 0.3 is 0 Å². The molecule has 0 aliphatic heterocycles. The average molecular weight is 348 g/mol. The Kier molecular flexibility index (Phi) is 4.18. The number of hydrogen-bond donors (Lipinski definition) is 1. The van der Waals surface area contributed by atoms with Crippen LogP contribution >= 0.6 is 15.9 Å². The quantitative estimate of drug-likeness (QED) is 0.910. The molecule has 1 saturated carbocycles. The highest BCUT2D eigenvalue weighted by atomic mass is 79.9. The normalized spacial score (nSPS) is 21.3. The summed E-state index contributed by atoms with van der Waals surface area (Å²) in [6.45, 7) is 5.17. The Morgan fingerprint density at radius 1 is 1.33 bits per heavy atom. The number of rotatable bonds is 4. The molecule has 4 heteroatoms. The van der Waals surface area contributed by atoms with Crippen LogP contribution in [0.3, 0.4) is 0 Å². The van der Waals surface area contributed by atoms with Crippen LogP contribution in [-0.2, 0) is 13.6 Å². The fourth-order valence-electron chi connectivity index (χ4n) is 3.14. The van der Waals surface area contributed by atoms with E-state index in [1.807, 2.05) is 11.7 Å². The number of benzene rings is 1. The van der Waals surface area contributed by atoms with Gasteiger partial charge in [-0.25, -0.2) is 0 Å². The maximum absolute atomic E-state index is 4.48. The molecule has 3 rings (SSSR count). The Morgan fingerprint density at radius 2 is 2.10 bits per heavy atom. The van der Waals surface area contributed by atoms with Crippen LogP contribution in [-0.4, -0.2) is 15.8 Å². The smallest absolute Gasteiger partial charge is 0.0641 e. The summed E-state index contributed by atoms with van der Waals surface area (Å²) in [5, 5.41) is 8.16. The molecule has 0 bridgehead atoms. The van der Waals surface area contributed by atoms with Gasteiger partial charge < -0.3 is 5.32 Å². The van der Waals surface area contributed by atoms with Gasteiger partial charge in [0, 0.05) is 35.4 Å². The molecule has 2 aromatic rings. The zero-order chi connectivity index (χ0) is 15.0. The standard InChI is InChI=1S/C17H22BrN3/c1-11-17(12(2)21(3)20-11)10-19-16-8-14(9-16)13-5-4-6-15(18)7-13/h4-7,14,16,19H,8-10H2,1-3H3. The fraction of sp³-hybridized carbons (Fsp3) is 0.471. The van der Waals surface area contributed by atoms with Crippen LogP contribution in [0.4, 0.5) is 0 Å². The highest BCUT2D eigenvalue weighted by Crippen LogP contribution is 2.37. The van der Waals surface area contributed by atoms with Gasteiger partial charge in [-0.2, -0.15) is 5.10 Å². The lowest BCUT2D eigenvalue weighted by Crippen LogP contribution is -2.39. The minimum atomic E-state index is 0.632. The van der Waals surface area contributed by atoms with Crippen LogP contribution in [0.1, 0.15) is 41.3 Å². The Balaban J connectivity index is 1.53. The van der Waals surface area contributed by atoms with E-state index in [-0.39, 0.29) is 0 Å². The first-order valence-electron chi connectivity index (χ1n) is 7.52. The number of halogens is 1. The van der Waals surface area contributed by atoms with Crippen molar-refractivity contribution in [1.29, 1.82) is 0 Å². The number of nitrogens with zero attached hydrogens (tertiary/aromatic N) is 2. The van der Waals surface area contributed by atoms with Crippen molar-refractivity contribution in [2.24, 2.45) is 7.05 Å². The highest BCUT2D eigenvalue weighted by Gasteiger charge is 2.30. The van der Waals surface area contributed by atoms with Gasteiger partial charge in [-0.3, -0.25) is 4.68 Å². The minimum Gasteiger partial charge on any atom is -0.310 e. The molecule has 0 unspecified atom stereocenters. The zero-order valence-electron chi connectivity index (χ0n) is 12.9. The van der Waals surface area contributed by atoms with Gasteiger partial charge in [-0.05, 0) is 50.3 Å². The molecular formula is C17H22BrN3. The molecule has 21 heavy (non-hydrogen) atoms. The van der Waals surface area contributed by atoms with Gasteiger partial charge in [0.1, 0.15) is 0 Å². The van der Waals surface area contributed by atoms with E-state index in [0.29, 0.717) is 12.0 Å². The first-order valence-corrected chi connectivity index (χ1v) is 8.32. The number of nitrogens with one attached hydrogen (secondary N) is 1. The second-order valence-corrected chi connectivity index (χ2v) is 6.99. The Labute approximate surface area is 134 Å². The van der Waals surface area contributed by atoms with Crippen LogP contribution in [0.15, 0.2) is 28.7 Å². The molecule has 0 atom stereocenters. The summed E-state index contributed by atoms with van der Waals surface area (Å²) < 4.78 is 3.15. The molecule has 0 saturated heterocycles. The fourth-order valence-corrected chi connectivity index (χ4v) is 3.55. The topological polar surface area (TPSA) is 29.9 Å². The molecule has 112 valence electrons. The molecular weight excluding hydrogens is 326 g/mol. The van der Waals surface area contributed by atoms with Crippen molar-refractivity contribution in [2.75, 3.05) is 0 Å². The maximum Gasteiger partial charge on any atom is 0.0641 e. The van der Waals surface area contributed by atoms with E-state index < -0.39 is 0 Å². The summed E-state index contributed by atoms with van der Waals surface area (Å²) in [5.74, 6) is 0.705. The maximum atomic E-state index is 4.48. The van der Waals surface area contributed by atoms with E-state index in [1.165, 1.54) is 34.1 Å². The third-order valence-corrected chi connectivity index (χ3v) is 5.18. The van der Waals surface area contributed by atoms with E-state index in [0.717, 1.165) is 12.2 Å². The minimum absolute atomic E-state index is 0.632. The van der Waals surface area contributed by atoms with E-state index in [4.69, 9.17) is 0 Å². The second-order valence-electron chi connectivity index (χ2n) is 6.07. The first-order chi connectivity index (χ1) is 10.0. The number of aryl methyl sites for hydroxylation is 2. The SMILES string of the molecule is Cc1nn(C)c(C)c1CNC1CC(c2cccc(Br)c2)C1. The van der Waals surface area contributed by atoms with Crippen molar-refractivity contribution in [1.82, 2.24) is 15.1 Å². The molecule has 1 aromatic heterocycles. The summed E-state index contributed by atoms with van der Waals surface area (Å²) in [5.41, 5.74) is 5.22. The van der Waals surface area contributed by atoms with Crippen molar-refractivity contribution in [3.05, 3.63) is 51.3 Å². The van der Waals surface area contributed by atoms with Crippen LogP contribution in [0.2, 0.25) is 0 Å². The zero-order valence-corrected chi connectivity index (χ0v) is 14.4. The molecule has 3 nitrogen and oxygen atoms in total. The monoisotopic (exact) mass is 347 g/mol. The van der Waals surface area contributed by atoms with Gasteiger partial charge in [-0.1, -0.05) is 28.1 Å². The number of hydrogen-bond acceptors (Lipinski definition) is 2. The van der Waals surface area contributed by atoms with Crippen molar-refractivity contribution in [2.45, 2.75) is 45.2 Å². The molecule has 0 radical (unpaired) electrons. The van der Waals surface area contributed by atoms with Gasteiger partial charge in [0.25, 0.3) is 0 Å². The first kappa shape index (κ1) is 14.8. The largest absolute Gasteiger partial charge is 0.310 e. The van der Waals surface area contributed by atoms with Crippen molar-refractivity contribution >= 4 is 15.9 Å². The lowest BCUT2D eigenvalue weighted by atomic mass is 9.76. The average Bonchev–Trinajstić information content (AvgIpc) is 2.63. The van der Waals surface area contributed by atoms with Crippen LogP contribution < -0.4 is 5.32 Å². The molecule has 0 amide bonds. The summed E-state index contributed by atoms with van der Waals surface area (Å²) >= 11 is 3.55. The van der Waals surface area contributed by atoms with E-state index in [9.17, 15) is 0 Å². The molecule has 1 aromatic carbocycles. The predicted molar refractivity (Wildman–Crippen MR) is 89.4 cm³/mol. The molecule has 0 spiro atoms. The summed E-state index contributed by atoms with van der Waals surface area (Å²) in [6.07, 6.45) is 2.46. The van der Waals surface area contributed by atoms with Crippen LogP contribution in [0.25, 0.3) is 0 Å². The summed E-state index contributed by atoms with van der Waals surface area (Å²) in [7, 11) is 2.01. The second kappa shape index (κ2) is 5.93. The Bertz CT molecular complexity index is 641. The number of aromatic nitrogens is 2. The van der Waals surface area contributed by atoms with Crippen molar-refractivity contribution < 1.29 is 0 Å². The molecule has 1 aliphatic carbocycles. The Morgan fingerprint density at radius 3 is 2.71 bits per heavy atom. The van der Waals surface area contributed by atoms with E-state index in [2.05, 4.69) is 64.5 Å². The third kappa shape index (κ3) is 3.06. The molecule has 1 fully saturated rings. The molecule has 1 aliphatic rings. The van der Waals surface area contributed by atoms with Crippen LogP contribution in [0, 0.1) is 13.8 Å². The third-order valence-electron chi connectivity index (χ3n) is 4.68. The van der Waals surface area contributed by atoms with Crippen molar-refractivity contribution in [3.8, 4) is 0 Å². The van der Waals surface area contributed by atoms with Gasteiger partial charge in [-0.15, -0.1) is 0 Å².